The standard InChI is InChI=1S/C15H15NO.ClH/c16-14-9-13(14)11-7-5-10(6-8-11)12-3-1-2-4-15(12)17;/h1-8,13-14,17H,9,16H2;1H/t13-,14+;/m0./s1. The number of aromatic hydroxyl groups is 1. The maximum absolute atomic E-state index is 9.78. The molecule has 0 aromatic heterocycles. The number of phenols is 1. The number of hydrogen-bond acceptors (Lipinski definition) is 2. The normalized spacial score (nSPS) is 21.2. The topological polar surface area (TPSA) is 46.2 Å². The second-order valence-electron chi connectivity index (χ2n) is 4.65. The molecule has 1 aliphatic carbocycles. The highest BCUT2D eigenvalue weighted by Crippen LogP contribution is 2.39. The number of halogens is 1. The summed E-state index contributed by atoms with van der Waals surface area (Å²) in [5, 5.41) is 9.78. The first kappa shape index (κ1) is 12.9. The molecule has 0 spiro atoms. The van der Waals surface area contributed by atoms with E-state index in [2.05, 4.69) is 24.3 Å². The first-order valence-corrected chi connectivity index (χ1v) is 5.89. The molecular weight excluding hydrogens is 246 g/mol. The van der Waals surface area contributed by atoms with Crippen LogP contribution < -0.4 is 5.73 Å². The molecule has 2 nitrogen and oxygen atoms in total. The summed E-state index contributed by atoms with van der Waals surface area (Å²) in [6, 6.07) is 16.1. The number of phenolic OH excluding ortho intramolecular Hbond substituents is 1. The molecule has 2 aromatic rings. The molecule has 0 unspecified atom stereocenters. The maximum atomic E-state index is 9.78. The zero-order valence-electron chi connectivity index (χ0n) is 9.91. The smallest absolute Gasteiger partial charge is 0.123 e. The number of para-hydroxylation sites is 1. The van der Waals surface area contributed by atoms with Gasteiger partial charge >= 0.3 is 0 Å². The van der Waals surface area contributed by atoms with Crippen LogP contribution in [0.2, 0.25) is 0 Å². The van der Waals surface area contributed by atoms with Crippen molar-refractivity contribution < 1.29 is 5.11 Å². The highest BCUT2D eigenvalue weighted by Gasteiger charge is 2.34. The van der Waals surface area contributed by atoms with E-state index >= 15 is 0 Å². The van der Waals surface area contributed by atoms with Crippen LogP contribution in [0.4, 0.5) is 0 Å². The Bertz CT molecular complexity index is 538. The van der Waals surface area contributed by atoms with Gasteiger partial charge in [0.2, 0.25) is 0 Å². The van der Waals surface area contributed by atoms with Crippen LogP contribution in [0, 0.1) is 0 Å². The quantitative estimate of drug-likeness (QED) is 0.871. The monoisotopic (exact) mass is 261 g/mol. The van der Waals surface area contributed by atoms with Crippen molar-refractivity contribution in [2.75, 3.05) is 0 Å². The Labute approximate surface area is 113 Å². The summed E-state index contributed by atoms with van der Waals surface area (Å²) in [7, 11) is 0. The average molecular weight is 262 g/mol. The van der Waals surface area contributed by atoms with Crippen molar-refractivity contribution in [3.63, 3.8) is 0 Å². The van der Waals surface area contributed by atoms with Crippen LogP contribution in [0.1, 0.15) is 17.9 Å². The summed E-state index contributed by atoms with van der Waals surface area (Å²) in [4.78, 5) is 0. The fourth-order valence-electron chi connectivity index (χ4n) is 2.23. The minimum absolute atomic E-state index is 0. The van der Waals surface area contributed by atoms with Crippen molar-refractivity contribution in [3.05, 3.63) is 54.1 Å². The predicted octanol–water partition coefficient (Wildman–Crippen LogP) is 3.30. The predicted molar refractivity (Wildman–Crippen MR) is 76.1 cm³/mol. The molecule has 3 rings (SSSR count). The molecule has 0 amide bonds. The van der Waals surface area contributed by atoms with E-state index in [4.69, 9.17) is 5.73 Å². The Morgan fingerprint density at radius 2 is 1.61 bits per heavy atom. The number of rotatable bonds is 2. The fourth-order valence-corrected chi connectivity index (χ4v) is 2.23. The minimum atomic E-state index is 0. The SMILES string of the molecule is Cl.N[C@@H]1C[C@H]1c1ccc(-c2ccccc2O)cc1. The van der Waals surface area contributed by atoms with Crippen LogP contribution >= 0.6 is 12.4 Å². The van der Waals surface area contributed by atoms with E-state index in [1.54, 1.807) is 6.07 Å². The van der Waals surface area contributed by atoms with Gasteiger partial charge in [0.05, 0.1) is 0 Å². The van der Waals surface area contributed by atoms with Gasteiger partial charge in [-0.25, -0.2) is 0 Å². The highest BCUT2D eigenvalue weighted by atomic mass is 35.5. The van der Waals surface area contributed by atoms with Crippen molar-refractivity contribution in [3.8, 4) is 16.9 Å². The summed E-state index contributed by atoms with van der Waals surface area (Å²) in [6.45, 7) is 0. The van der Waals surface area contributed by atoms with Gasteiger partial charge in [-0.3, -0.25) is 0 Å². The highest BCUT2D eigenvalue weighted by molar-refractivity contribution is 5.85. The molecule has 2 aromatic carbocycles. The zero-order chi connectivity index (χ0) is 11.8. The number of benzene rings is 2. The molecule has 18 heavy (non-hydrogen) atoms. The van der Waals surface area contributed by atoms with E-state index < -0.39 is 0 Å². The second-order valence-corrected chi connectivity index (χ2v) is 4.65. The third-order valence-electron chi connectivity index (χ3n) is 3.39. The van der Waals surface area contributed by atoms with Crippen molar-refractivity contribution in [2.45, 2.75) is 18.4 Å². The molecule has 3 N–H and O–H groups in total. The summed E-state index contributed by atoms with van der Waals surface area (Å²) < 4.78 is 0. The van der Waals surface area contributed by atoms with Crippen LogP contribution in [0.15, 0.2) is 48.5 Å². The Balaban J connectivity index is 0.00000120. The van der Waals surface area contributed by atoms with Crippen LogP contribution in [0.25, 0.3) is 11.1 Å². The minimum Gasteiger partial charge on any atom is -0.507 e. The number of nitrogens with two attached hydrogens (primary N) is 1. The van der Waals surface area contributed by atoms with Crippen LogP contribution in [0.5, 0.6) is 5.75 Å². The van der Waals surface area contributed by atoms with Gasteiger partial charge in [0.25, 0.3) is 0 Å². The van der Waals surface area contributed by atoms with Gasteiger partial charge in [-0.1, -0.05) is 42.5 Å². The second kappa shape index (κ2) is 5.01. The summed E-state index contributed by atoms with van der Waals surface area (Å²) in [6.07, 6.45) is 1.09. The van der Waals surface area contributed by atoms with Gasteiger partial charge in [0.15, 0.2) is 0 Å². The van der Waals surface area contributed by atoms with E-state index in [0.717, 1.165) is 17.5 Å². The van der Waals surface area contributed by atoms with Crippen LogP contribution in [-0.2, 0) is 0 Å². The summed E-state index contributed by atoms with van der Waals surface area (Å²) >= 11 is 0. The summed E-state index contributed by atoms with van der Waals surface area (Å²) in [5.41, 5.74) is 9.05. The lowest BCUT2D eigenvalue weighted by molar-refractivity contribution is 0.477. The van der Waals surface area contributed by atoms with Crippen LogP contribution in [-0.4, -0.2) is 11.1 Å². The van der Waals surface area contributed by atoms with Crippen LogP contribution in [0.3, 0.4) is 0 Å². The van der Waals surface area contributed by atoms with E-state index in [-0.39, 0.29) is 12.4 Å². The first-order chi connectivity index (χ1) is 8.25. The molecule has 0 radical (unpaired) electrons. The van der Waals surface area contributed by atoms with E-state index in [1.165, 1.54) is 5.56 Å². The molecule has 94 valence electrons. The molecule has 0 aliphatic heterocycles. The van der Waals surface area contributed by atoms with E-state index in [9.17, 15) is 5.11 Å². The van der Waals surface area contributed by atoms with Crippen molar-refractivity contribution in [1.29, 1.82) is 0 Å². The number of hydrogen-bond donors (Lipinski definition) is 2. The average Bonchev–Trinajstić information content (AvgIpc) is 3.07. The van der Waals surface area contributed by atoms with Gasteiger partial charge in [0, 0.05) is 17.5 Å². The fraction of sp³-hybridized carbons (Fsp3) is 0.200. The Morgan fingerprint density at radius 3 is 2.17 bits per heavy atom. The zero-order valence-corrected chi connectivity index (χ0v) is 10.7. The molecular formula is C15H16ClNO. The van der Waals surface area contributed by atoms with Gasteiger partial charge in [0.1, 0.15) is 5.75 Å². The molecule has 1 saturated carbocycles. The van der Waals surface area contributed by atoms with Gasteiger partial charge in [-0.05, 0) is 23.6 Å². The van der Waals surface area contributed by atoms with Gasteiger partial charge in [-0.2, -0.15) is 0 Å². The van der Waals surface area contributed by atoms with Crippen molar-refractivity contribution >= 4 is 12.4 Å². The molecule has 0 heterocycles. The van der Waals surface area contributed by atoms with Gasteiger partial charge < -0.3 is 10.8 Å². The Kier molecular flexibility index (Phi) is 3.60. The third-order valence-corrected chi connectivity index (χ3v) is 3.39. The third kappa shape index (κ3) is 2.35. The van der Waals surface area contributed by atoms with Crippen molar-refractivity contribution in [2.24, 2.45) is 5.73 Å². The Hall–Kier alpha value is -1.51. The summed E-state index contributed by atoms with van der Waals surface area (Å²) in [5.74, 6) is 0.858. The Morgan fingerprint density at radius 1 is 1.00 bits per heavy atom. The lowest BCUT2D eigenvalue weighted by Gasteiger charge is -2.05. The lowest BCUT2D eigenvalue weighted by Crippen LogP contribution is -2.00. The molecule has 0 bridgehead atoms. The lowest BCUT2D eigenvalue weighted by atomic mass is 10.0. The van der Waals surface area contributed by atoms with E-state index in [1.807, 2.05) is 18.2 Å². The molecule has 2 atom stereocenters. The molecule has 3 heteroatoms. The van der Waals surface area contributed by atoms with E-state index in [0.29, 0.717) is 17.7 Å². The molecule has 1 fully saturated rings. The molecule has 0 saturated heterocycles. The van der Waals surface area contributed by atoms with Gasteiger partial charge in [-0.15, -0.1) is 12.4 Å². The maximum Gasteiger partial charge on any atom is 0.123 e. The largest absolute Gasteiger partial charge is 0.507 e. The first-order valence-electron chi connectivity index (χ1n) is 5.89. The molecule has 1 aliphatic rings. The van der Waals surface area contributed by atoms with Crippen molar-refractivity contribution in [1.82, 2.24) is 0 Å².